The summed E-state index contributed by atoms with van der Waals surface area (Å²) in [7, 11) is -1.52. The molecule has 0 amide bonds. The van der Waals surface area contributed by atoms with E-state index in [0.717, 1.165) is 43.0 Å². The van der Waals surface area contributed by atoms with Crippen LogP contribution in [-0.4, -0.2) is 46.5 Å². The third-order valence-electron chi connectivity index (χ3n) is 4.61. The zero-order valence-corrected chi connectivity index (χ0v) is 15.8. The predicted molar refractivity (Wildman–Crippen MR) is 103 cm³/mol. The van der Waals surface area contributed by atoms with Crippen molar-refractivity contribution in [2.45, 2.75) is 18.7 Å². The van der Waals surface area contributed by atoms with Gasteiger partial charge in [-0.2, -0.15) is 0 Å². The lowest BCUT2D eigenvalue weighted by Gasteiger charge is -2.35. The summed E-state index contributed by atoms with van der Waals surface area (Å²) in [6.45, 7) is 7.50. The summed E-state index contributed by atoms with van der Waals surface area (Å²) in [5.74, 6) is 0. The molecule has 1 aliphatic rings. The van der Waals surface area contributed by atoms with Crippen LogP contribution in [0.25, 0.3) is 0 Å². The highest BCUT2D eigenvalue weighted by atomic mass is 32.2. The lowest BCUT2D eigenvalue weighted by Crippen LogP contribution is -2.44. The summed E-state index contributed by atoms with van der Waals surface area (Å²) in [5, 5.41) is 0. The number of para-hydroxylation sites is 2. The van der Waals surface area contributed by atoms with E-state index in [9.17, 15) is 8.42 Å². The van der Waals surface area contributed by atoms with Gasteiger partial charge in [-0.1, -0.05) is 29.8 Å². The Morgan fingerprint density at radius 2 is 1.64 bits per heavy atom. The Bertz CT molecular complexity index is 857. The van der Waals surface area contributed by atoms with Crippen LogP contribution < -0.4 is 9.62 Å². The van der Waals surface area contributed by atoms with Crippen LogP contribution in [0, 0.1) is 13.8 Å². The summed E-state index contributed by atoms with van der Waals surface area (Å²) < 4.78 is 28.6. The highest BCUT2D eigenvalue weighted by molar-refractivity contribution is 7.92. The first-order valence-corrected chi connectivity index (χ1v) is 9.98. The van der Waals surface area contributed by atoms with Crippen LogP contribution in [0.1, 0.15) is 11.1 Å². The number of rotatable bonds is 4. The molecule has 3 rings (SSSR count). The van der Waals surface area contributed by atoms with Gasteiger partial charge in [0.15, 0.2) is 0 Å². The van der Waals surface area contributed by atoms with E-state index in [2.05, 4.69) is 21.6 Å². The molecule has 0 saturated carbocycles. The van der Waals surface area contributed by atoms with Crippen LogP contribution in [0.5, 0.6) is 0 Å². The summed E-state index contributed by atoms with van der Waals surface area (Å²) in [6.07, 6.45) is 0. The Morgan fingerprint density at radius 3 is 2.32 bits per heavy atom. The lowest BCUT2D eigenvalue weighted by atomic mass is 10.2. The highest BCUT2D eigenvalue weighted by Gasteiger charge is 2.21. The molecule has 2 aromatic carbocycles. The molecule has 0 bridgehead atoms. The zero-order chi connectivity index (χ0) is 18.0. The van der Waals surface area contributed by atoms with Gasteiger partial charge in [0.2, 0.25) is 0 Å². The van der Waals surface area contributed by atoms with Gasteiger partial charge in [0.05, 0.1) is 16.3 Å². The van der Waals surface area contributed by atoms with Gasteiger partial charge in [0, 0.05) is 26.2 Å². The molecule has 0 unspecified atom stereocenters. The van der Waals surface area contributed by atoms with Gasteiger partial charge in [-0.15, -0.1) is 0 Å². The molecule has 0 atom stereocenters. The molecule has 1 N–H and O–H groups in total. The second kappa shape index (κ2) is 7.06. The van der Waals surface area contributed by atoms with Gasteiger partial charge < -0.3 is 9.80 Å². The van der Waals surface area contributed by atoms with Crippen molar-refractivity contribution in [1.29, 1.82) is 0 Å². The molecule has 2 aromatic rings. The fraction of sp³-hybridized carbons (Fsp3) is 0.368. The van der Waals surface area contributed by atoms with Crippen molar-refractivity contribution in [3.63, 3.8) is 0 Å². The van der Waals surface area contributed by atoms with Crippen LogP contribution in [-0.2, 0) is 10.0 Å². The van der Waals surface area contributed by atoms with E-state index in [4.69, 9.17) is 0 Å². The number of nitrogens with zero attached hydrogens (tertiary/aromatic N) is 2. The molecule has 134 valence electrons. The number of anilines is 2. The van der Waals surface area contributed by atoms with E-state index in [0.29, 0.717) is 10.6 Å². The summed E-state index contributed by atoms with van der Waals surface area (Å²) >= 11 is 0. The lowest BCUT2D eigenvalue weighted by molar-refractivity contribution is 0.313. The number of piperazine rings is 1. The molecule has 1 aliphatic heterocycles. The Balaban J connectivity index is 1.90. The number of hydrogen-bond donors (Lipinski definition) is 1. The summed E-state index contributed by atoms with van der Waals surface area (Å²) in [5.41, 5.74) is 3.37. The second-order valence-corrected chi connectivity index (χ2v) is 8.33. The van der Waals surface area contributed by atoms with Crippen LogP contribution >= 0.6 is 0 Å². The van der Waals surface area contributed by atoms with E-state index < -0.39 is 10.0 Å². The highest BCUT2D eigenvalue weighted by Crippen LogP contribution is 2.29. The van der Waals surface area contributed by atoms with Crippen LogP contribution in [0.4, 0.5) is 11.4 Å². The molecule has 5 nitrogen and oxygen atoms in total. The third kappa shape index (κ3) is 3.96. The first-order chi connectivity index (χ1) is 11.9. The van der Waals surface area contributed by atoms with Gasteiger partial charge in [-0.05, 0) is 44.7 Å². The number of sulfonamides is 1. The molecule has 6 heteroatoms. The quantitative estimate of drug-likeness (QED) is 0.912. The molecular formula is C19H25N3O2S. The van der Waals surface area contributed by atoms with Crippen molar-refractivity contribution in [2.24, 2.45) is 0 Å². The summed E-state index contributed by atoms with van der Waals surface area (Å²) in [4.78, 5) is 4.84. The predicted octanol–water partition coefficient (Wildman–Crippen LogP) is 2.86. The van der Waals surface area contributed by atoms with E-state index >= 15 is 0 Å². The molecule has 0 aliphatic carbocycles. The van der Waals surface area contributed by atoms with Gasteiger partial charge in [-0.3, -0.25) is 4.72 Å². The topological polar surface area (TPSA) is 52.7 Å². The number of likely N-dealkylation sites (N-methyl/N-ethyl adjacent to an activating group) is 1. The minimum atomic E-state index is -3.62. The molecule has 1 fully saturated rings. The first kappa shape index (κ1) is 17.8. The van der Waals surface area contributed by atoms with Crippen LogP contribution in [0.3, 0.4) is 0 Å². The molecule has 25 heavy (non-hydrogen) atoms. The van der Waals surface area contributed by atoms with Gasteiger partial charge in [0.1, 0.15) is 0 Å². The van der Waals surface area contributed by atoms with E-state index in [1.807, 2.05) is 50.2 Å². The van der Waals surface area contributed by atoms with Crippen molar-refractivity contribution in [3.8, 4) is 0 Å². The average Bonchev–Trinajstić information content (AvgIpc) is 2.55. The number of nitrogens with one attached hydrogen (secondary N) is 1. The van der Waals surface area contributed by atoms with Gasteiger partial charge in [-0.25, -0.2) is 8.42 Å². The largest absolute Gasteiger partial charge is 0.367 e. The number of hydrogen-bond acceptors (Lipinski definition) is 4. The van der Waals surface area contributed by atoms with Crippen molar-refractivity contribution < 1.29 is 8.42 Å². The standard InChI is InChI=1S/C19H25N3O2S/c1-15-8-9-19(16(2)14-15)25(23,24)20-17-6-4-5-7-18(17)22-12-10-21(3)11-13-22/h4-9,14,20H,10-13H2,1-3H3. The normalized spacial score (nSPS) is 16.0. The van der Waals surface area contributed by atoms with Gasteiger partial charge in [0.25, 0.3) is 10.0 Å². The van der Waals surface area contributed by atoms with E-state index in [-0.39, 0.29) is 0 Å². The van der Waals surface area contributed by atoms with Crippen molar-refractivity contribution in [3.05, 3.63) is 53.6 Å². The SMILES string of the molecule is Cc1ccc(S(=O)(=O)Nc2ccccc2N2CCN(C)CC2)c(C)c1. The molecule has 0 radical (unpaired) electrons. The van der Waals surface area contributed by atoms with Crippen molar-refractivity contribution in [1.82, 2.24) is 4.90 Å². The third-order valence-corrected chi connectivity index (χ3v) is 6.14. The number of benzene rings is 2. The monoisotopic (exact) mass is 359 g/mol. The maximum absolute atomic E-state index is 12.9. The Kier molecular flexibility index (Phi) is 5.01. The van der Waals surface area contributed by atoms with E-state index in [1.54, 1.807) is 6.07 Å². The number of aryl methyl sites for hydroxylation is 2. The van der Waals surface area contributed by atoms with Crippen molar-refractivity contribution in [2.75, 3.05) is 42.8 Å². The smallest absolute Gasteiger partial charge is 0.262 e. The van der Waals surface area contributed by atoms with Gasteiger partial charge >= 0.3 is 0 Å². The Labute approximate surface area is 150 Å². The van der Waals surface area contributed by atoms with Crippen LogP contribution in [0.2, 0.25) is 0 Å². The second-order valence-electron chi connectivity index (χ2n) is 6.68. The zero-order valence-electron chi connectivity index (χ0n) is 15.0. The van der Waals surface area contributed by atoms with Crippen molar-refractivity contribution >= 4 is 21.4 Å². The summed E-state index contributed by atoms with van der Waals surface area (Å²) in [6, 6.07) is 13.0. The average molecular weight is 359 g/mol. The van der Waals surface area contributed by atoms with Crippen LogP contribution in [0.15, 0.2) is 47.4 Å². The molecule has 0 spiro atoms. The minimum absolute atomic E-state index is 0.325. The first-order valence-electron chi connectivity index (χ1n) is 8.49. The Morgan fingerprint density at radius 1 is 0.960 bits per heavy atom. The van der Waals surface area contributed by atoms with E-state index in [1.165, 1.54) is 0 Å². The molecule has 0 aromatic heterocycles. The minimum Gasteiger partial charge on any atom is -0.367 e. The molecule has 1 heterocycles. The fourth-order valence-electron chi connectivity index (χ4n) is 3.18. The Hall–Kier alpha value is -2.05. The maximum atomic E-state index is 12.9. The molecular weight excluding hydrogens is 334 g/mol. The molecule has 1 saturated heterocycles. The maximum Gasteiger partial charge on any atom is 0.262 e. The fourth-order valence-corrected chi connectivity index (χ4v) is 4.49.